The predicted octanol–water partition coefficient (Wildman–Crippen LogP) is 0.346. The molecule has 0 aliphatic rings. The highest BCUT2D eigenvalue weighted by Crippen LogP contribution is 2.07. The summed E-state index contributed by atoms with van der Waals surface area (Å²) >= 11 is 0. The van der Waals surface area contributed by atoms with E-state index in [1.165, 1.54) is 6.26 Å². The van der Waals surface area contributed by atoms with Crippen LogP contribution >= 0.6 is 0 Å². The molecule has 6 heteroatoms. The summed E-state index contributed by atoms with van der Waals surface area (Å²) in [5.74, 6) is 0.216. The van der Waals surface area contributed by atoms with Gasteiger partial charge in [-0.25, -0.2) is 8.42 Å². The van der Waals surface area contributed by atoms with Gasteiger partial charge in [-0.2, -0.15) is 5.10 Å². The number of hydrogen-bond acceptors (Lipinski definition) is 4. The van der Waals surface area contributed by atoms with Gasteiger partial charge in [0.15, 0.2) is 0 Å². The maximum atomic E-state index is 11.0. The van der Waals surface area contributed by atoms with Crippen molar-refractivity contribution in [3.05, 3.63) is 17.5 Å². The summed E-state index contributed by atoms with van der Waals surface area (Å²) in [4.78, 5) is 0. The van der Waals surface area contributed by atoms with Crippen molar-refractivity contribution < 1.29 is 8.42 Å². The lowest BCUT2D eigenvalue weighted by molar-refractivity contribution is 0.568. The van der Waals surface area contributed by atoms with Crippen molar-refractivity contribution in [2.75, 3.05) is 19.1 Å². The summed E-state index contributed by atoms with van der Waals surface area (Å²) in [5, 5.41) is 7.31. The molecule has 1 aromatic heterocycles. The van der Waals surface area contributed by atoms with Crippen molar-refractivity contribution in [3.63, 3.8) is 0 Å². The van der Waals surface area contributed by atoms with Gasteiger partial charge in [-0.1, -0.05) is 0 Å². The van der Waals surface area contributed by atoms with E-state index < -0.39 is 9.84 Å². The van der Waals surface area contributed by atoms with Crippen molar-refractivity contribution in [1.29, 1.82) is 0 Å². The zero-order valence-corrected chi connectivity index (χ0v) is 10.8. The molecule has 1 rings (SSSR count). The van der Waals surface area contributed by atoms with Crippen LogP contribution in [-0.2, 0) is 22.9 Å². The molecule has 0 aliphatic heterocycles. The number of aryl methyl sites for hydroxylation is 1. The quantitative estimate of drug-likeness (QED) is 0.785. The lowest BCUT2D eigenvalue weighted by atomic mass is 10.2. The smallest absolute Gasteiger partial charge is 0.147 e. The number of aromatic nitrogens is 2. The number of rotatable bonds is 6. The van der Waals surface area contributed by atoms with Gasteiger partial charge < -0.3 is 5.32 Å². The van der Waals surface area contributed by atoms with Crippen LogP contribution in [0, 0.1) is 6.92 Å². The average molecular weight is 245 g/mol. The van der Waals surface area contributed by atoms with Crippen LogP contribution in [0.3, 0.4) is 0 Å². The zero-order chi connectivity index (χ0) is 12.2. The second-order valence-corrected chi connectivity index (χ2v) is 6.25. The van der Waals surface area contributed by atoms with Crippen LogP contribution in [0.15, 0.2) is 6.20 Å². The summed E-state index contributed by atoms with van der Waals surface area (Å²) in [5.41, 5.74) is 2.25. The molecule has 16 heavy (non-hydrogen) atoms. The van der Waals surface area contributed by atoms with E-state index in [0.717, 1.165) is 17.8 Å². The normalized spacial score (nSPS) is 11.9. The van der Waals surface area contributed by atoms with E-state index in [-0.39, 0.29) is 5.75 Å². The molecular formula is C10H19N3O2S. The first-order chi connectivity index (χ1) is 7.44. The first kappa shape index (κ1) is 13.2. The van der Waals surface area contributed by atoms with Crippen LogP contribution in [0.2, 0.25) is 0 Å². The van der Waals surface area contributed by atoms with Gasteiger partial charge in [0.1, 0.15) is 9.84 Å². The Balaban J connectivity index is 2.55. The standard InChI is InChI=1S/C10H19N3O2S/c1-9-10(7-11-2)8-12-13(9)5-4-6-16(3,14)15/h8,11H,4-7H2,1-3H3. The minimum atomic E-state index is -2.86. The van der Waals surface area contributed by atoms with Crippen molar-refractivity contribution in [3.8, 4) is 0 Å². The van der Waals surface area contributed by atoms with Gasteiger partial charge in [-0.15, -0.1) is 0 Å². The van der Waals surface area contributed by atoms with E-state index >= 15 is 0 Å². The van der Waals surface area contributed by atoms with E-state index in [1.54, 1.807) is 0 Å². The summed E-state index contributed by atoms with van der Waals surface area (Å²) in [7, 11) is -0.975. The zero-order valence-electron chi connectivity index (χ0n) is 10.0. The molecule has 1 aromatic rings. The van der Waals surface area contributed by atoms with Crippen molar-refractivity contribution >= 4 is 9.84 Å². The third kappa shape index (κ3) is 3.94. The van der Waals surface area contributed by atoms with E-state index in [2.05, 4.69) is 10.4 Å². The minimum Gasteiger partial charge on any atom is -0.316 e. The molecule has 0 saturated carbocycles. The Labute approximate surface area is 96.8 Å². The van der Waals surface area contributed by atoms with Gasteiger partial charge in [-0.3, -0.25) is 4.68 Å². The molecule has 0 aromatic carbocycles. The fraction of sp³-hybridized carbons (Fsp3) is 0.700. The topological polar surface area (TPSA) is 64.0 Å². The fourth-order valence-corrected chi connectivity index (χ4v) is 2.20. The van der Waals surface area contributed by atoms with Crippen LogP contribution in [0.4, 0.5) is 0 Å². The van der Waals surface area contributed by atoms with Crippen LogP contribution in [0.5, 0.6) is 0 Å². The highest BCUT2D eigenvalue weighted by Gasteiger charge is 2.07. The lowest BCUT2D eigenvalue weighted by Gasteiger charge is -2.04. The largest absolute Gasteiger partial charge is 0.316 e. The molecule has 0 aliphatic carbocycles. The second-order valence-electron chi connectivity index (χ2n) is 3.99. The summed E-state index contributed by atoms with van der Waals surface area (Å²) in [6.45, 7) is 3.45. The Hall–Kier alpha value is -0.880. The summed E-state index contributed by atoms with van der Waals surface area (Å²) < 4.78 is 23.8. The van der Waals surface area contributed by atoms with Crippen molar-refractivity contribution in [2.24, 2.45) is 0 Å². The maximum absolute atomic E-state index is 11.0. The van der Waals surface area contributed by atoms with E-state index in [0.29, 0.717) is 13.0 Å². The SMILES string of the molecule is CNCc1cnn(CCCS(C)(=O)=O)c1C. The molecule has 0 spiro atoms. The van der Waals surface area contributed by atoms with E-state index in [4.69, 9.17) is 0 Å². The van der Waals surface area contributed by atoms with Crippen molar-refractivity contribution in [2.45, 2.75) is 26.4 Å². The van der Waals surface area contributed by atoms with Crippen LogP contribution in [0.1, 0.15) is 17.7 Å². The molecule has 92 valence electrons. The highest BCUT2D eigenvalue weighted by molar-refractivity contribution is 7.90. The van der Waals surface area contributed by atoms with Gasteiger partial charge in [0.25, 0.3) is 0 Å². The third-order valence-corrected chi connectivity index (χ3v) is 3.49. The third-order valence-electron chi connectivity index (χ3n) is 2.46. The Bertz CT molecular complexity index is 437. The molecule has 1 N–H and O–H groups in total. The van der Waals surface area contributed by atoms with E-state index in [1.807, 2.05) is 24.9 Å². The molecule has 0 fully saturated rings. The monoisotopic (exact) mass is 245 g/mol. The lowest BCUT2D eigenvalue weighted by Crippen LogP contribution is -2.10. The number of sulfone groups is 1. The number of nitrogens with one attached hydrogen (secondary N) is 1. The van der Waals surface area contributed by atoms with Crippen LogP contribution < -0.4 is 5.32 Å². The fourth-order valence-electron chi connectivity index (χ4n) is 1.55. The molecule has 0 amide bonds. The molecule has 0 bridgehead atoms. The number of hydrogen-bond donors (Lipinski definition) is 1. The van der Waals surface area contributed by atoms with Gasteiger partial charge in [0, 0.05) is 30.6 Å². The van der Waals surface area contributed by atoms with E-state index in [9.17, 15) is 8.42 Å². The van der Waals surface area contributed by atoms with Gasteiger partial charge >= 0.3 is 0 Å². The Morgan fingerprint density at radius 3 is 2.75 bits per heavy atom. The minimum absolute atomic E-state index is 0.216. The molecule has 0 radical (unpaired) electrons. The van der Waals surface area contributed by atoms with Crippen LogP contribution in [0.25, 0.3) is 0 Å². The Morgan fingerprint density at radius 2 is 2.19 bits per heavy atom. The predicted molar refractivity (Wildman–Crippen MR) is 64.1 cm³/mol. The Kier molecular flexibility index (Phi) is 4.49. The van der Waals surface area contributed by atoms with Gasteiger partial charge in [0.2, 0.25) is 0 Å². The molecule has 5 nitrogen and oxygen atoms in total. The molecule has 1 heterocycles. The Morgan fingerprint density at radius 1 is 1.50 bits per heavy atom. The summed E-state index contributed by atoms with van der Waals surface area (Å²) in [6.07, 6.45) is 3.70. The molecular weight excluding hydrogens is 226 g/mol. The highest BCUT2D eigenvalue weighted by atomic mass is 32.2. The van der Waals surface area contributed by atoms with Gasteiger partial charge in [0.05, 0.1) is 11.9 Å². The van der Waals surface area contributed by atoms with Gasteiger partial charge in [-0.05, 0) is 20.4 Å². The number of nitrogens with zero attached hydrogens (tertiary/aromatic N) is 2. The van der Waals surface area contributed by atoms with Crippen molar-refractivity contribution in [1.82, 2.24) is 15.1 Å². The maximum Gasteiger partial charge on any atom is 0.147 e. The second kappa shape index (κ2) is 5.45. The average Bonchev–Trinajstić information content (AvgIpc) is 2.48. The van der Waals surface area contributed by atoms with Crippen LogP contribution in [-0.4, -0.2) is 37.3 Å². The molecule has 0 atom stereocenters. The molecule has 0 unspecified atom stereocenters. The summed E-state index contributed by atoms with van der Waals surface area (Å²) in [6, 6.07) is 0. The molecule has 0 saturated heterocycles. The first-order valence-electron chi connectivity index (χ1n) is 5.27. The first-order valence-corrected chi connectivity index (χ1v) is 7.33.